The number of carboxylic acids is 1. The number of hydrogen-bond donors (Lipinski definition) is 5. The summed E-state index contributed by atoms with van der Waals surface area (Å²) in [5, 5.41) is 16.1. The molecule has 1 aliphatic heterocycles. The lowest BCUT2D eigenvalue weighted by Gasteiger charge is -2.11. The van der Waals surface area contributed by atoms with Gasteiger partial charge in [-0.15, -0.1) is 0 Å². The molecule has 4 aromatic carbocycles. The van der Waals surface area contributed by atoms with E-state index in [-0.39, 0.29) is 5.57 Å². The predicted molar refractivity (Wildman–Crippen MR) is 221 cm³/mol. The average Bonchev–Trinajstić information content (AvgIpc) is 4.01. The van der Waals surface area contributed by atoms with Crippen LogP contribution in [0.1, 0.15) is 39.5 Å². The molecule has 0 aliphatic carbocycles. The highest BCUT2D eigenvalue weighted by Crippen LogP contribution is 2.35. The minimum absolute atomic E-state index is 0.0726. The number of fused-ring (bicyclic) bond motifs is 8. The Morgan fingerprint density at radius 1 is 0.400 bits per heavy atom. The summed E-state index contributed by atoms with van der Waals surface area (Å²) >= 11 is 25.5. The second-order valence-electron chi connectivity index (χ2n) is 13.2. The van der Waals surface area contributed by atoms with Gasteiger partial charge in [0.05, 0.1) is 16.7 Å². The van der Waals surface area contributed by atoms with Crippen LogP contribution in [0.3, 0.4) is 0 Å². The fourth-order valence-electron chi connectivity index (χ4n) is 7.28. The number of rotatable bonds is 5. The SMILES string of the molecule is O=C(O)C1=c2ccc([nH]2)=C(c2ccc(Cl)cc2)c2ccc([nH]2)C(c2ccc(Cl)cc2)=c2ccc([nH]2)=C(c2ccc(Cl)cc2)c2[nH]c1cc2-c1ccc(Cl)cc1. The van der Waals surface area contributed by atoms with Crippen molar-refractivity contribution in [2.45, 2.75) is 0 Å². The maximum Gasteiger partial charge on any atom is 0.339 e. The molecule has 0 radical (unpaired) electrons. The highest BCUT2D eigenvalue weighted by molar-refractivity contribution is 6.31. The Kier molecular flexibility index (Phi) is 8.92. The largest absolute Gasteiger partial charge is 0.478 e. The van der Waals surface area contributed by atoms with Crippen LogP contribution in [-0.4, -0.2) is 31.0 Å². The molecular weight excluding hydrogens is 770 g/mol. The van der Waals surface area contributed by atoms with Gasteiger partial charge in [0.25, 0.3) is 0 Å². The lowest BCUT2D eigenvalue weighted by atomic mass is 9.96. The summed E-state index contributed by atoms with van der Waals surface area (Å²) in [6.07, 6.45) is 0. The summed E-state index contributed by atoms with van der Waals surface area (Å²) in [4.78, 5) is 27.8. The molecule has 1 aliphatic rings. The lowest BCUT2D eigenvalue weighted by molar-refractivity contribution is -0.130. The Morgan fingerprint density at radius 3 is 1.24 bits per heavy atom. The molecule has 0 unspecified atom stereocenters. The van der Waals surface area contributed by atoms with E-state index < -0.39 is 5.97 Å². The van der Waals surface area contributed by atoms with Crippen molar-refractivity contribution in [3.63, 3.8) is 0 Å². The van der Waals surface area contributed by atoms with Crippen molar-refractivity contribution < 1.29 is 9.90 Å². The van der Waals surface area contributed by atoms with E-state index in [1.165, 1.54) is 0 Å². The maximum absolute atomic E-state index is 13.3. The van der Waals surface area contributed by atoms with E-state index >= 15 is 0 Å². The third-order valence-electron chi connectivity index (χ3n) is 9.78. The van der Waals surface area contributed by atoms with Gasteiger partial charge in [0.2, 0.25) is 0 Å². The minimum atomic E-state index is -1.10. The monoisotopic (exact) mass is 796 g/mol. The summed E-state index contributed by atoms with van der Waals surface area (Å²) < 4.78 is 0. The predicted octanol–water partition coefficient (Wildman–Crippen LogP) is 8.62. The van der Waals surface area contributed by atoms with Gasteiger partial charge in [-0.2, -0.15) is 0 Å². The number of carboxylic acid groups (broad SMARTS) is 1. The van der Waals surface area contributed by atoms with Crippen molar-refractivity contribution in [1.29, 1.82) is 0 Å². The fraction of sp³-hybridized carbons (Fsp3) is 0. The molecule has 0 atom stereocenters. The third-order valence-corrected chi connectivity index (χ3v) is 10.8. The van der Waals surface area contributed by atoms with Crippen molar-refractivity contribution >= 4 is 74.7 Å². The van der Waals surface area contributed by atoms with Crippen LogP contribution in [0.25, 0.3) is 33.4 Å². The molecule has 6 nitrogen and oxygen atoms in total. The molecule has 0 amide bonds. The zero-order valence-electron chi connectivity index (χ0n) is 28.6. The Balaban J connectivity index is 1.47. The standard InChI is InChI=1S/C45H28Cl4N4O2/c46-28-9-1-24(2-10-28)32-23-39-43(45(54)55)38-22-20-36(52-38)41(26-5-13-30(48)14-6-26)34-18-17-33(50-34)40(25-3-11-29(47)12-4-25)35-19-21-37(51-35)42(44(32)53-39)27-7-15-31(49)16-8-27/h1-23,50-53H,(H,54,55). The molecule has 0 spiro atoms. The third kappa shape index (κ3) is 6.53. The van der Waals surface area contributed by atoms with Crippen LogP contribution in [0.2, 0.25) is 20.1 Å². The molecule has 4 aromatic heterocycles. The van der Waals surface area contributed by atoms with E-state index in [1.807, 2.05) is 127 Å². The van der Waals surface area contributed by atoms with Crippen LogP contribution in [-0.2, 0) is 4.79 Å². The zero-order valence-corrected chi connectivity index (χ0v) is 31.7. The Morgan fingerprint density at radius 2 is 0.782 bits per heavy atom. The first-order valence-corrected chi connectivity index (χ1v) is 18.8. The Labute approximate surface area is 334 Å². The molecule has 9 rings (SSSR count). The van der Waals surface area contributed by atoms with Crippen molar-refractivity contribution in [2.75, 3.05) is 0 Å². The molecule has 5 heterocycles. The number of nitrogens with one attached hydrogen (secondary N) is 4. The summed E-state index contributed by atoms with van der Waals surface area (Å²) in [7, 11) is 0. The number of hydrogen-bond acceptors (Lipinski definition) is 1. The summed E-state index contributed by atoms with van der Waals surface area (Å²) in [5.41, 5.74) is 9.74. The van der Waals surface area contributed by atoms with Gasteiger partial charge in [0.1, 0.15) is 5.57 Å². The fourth-order valence-corrected chi connectivity index (χ4v) is 7.78. The highest BCUT2D eigenvalue weighted by atomic mass is 35.5. The number of aromatic nitrogens is 4. The number of aromatic amines is 4. The molecular formula is C45H28Cl4N4O2. The van der Waals surface area contributed by atoms with Gasteiger partial charge in [-0.1, -0.05) is 94.9 Å². The van der Waals surface area contributed by atoms with E-state index in [0.717, 1.165) is 66.6 Å². The van der Waals surface area contributed by atoms with Gasteiger partial charge in [-0.25, -0.2) is 4.79 Å². The molecule has 268 valence electrons. The first kappa shape index (κ1) is 34.9. The Hall–Kier alpha value is -5.89. The van der Waals surface area contributed by atoms with Crippen LogP contribution in [0, 0.1) is 0 Å². The number of benzene rings is 4. The normalized spacial score (nSPS) is 12.7. The van der Waals surface area contributed by atoms with Crippen LogP contribution < -0.4 is 21.4 Å². The van der Waals surface area contributed by atoms with Crippen LogP contribution >= 0.6 is 46.4 Å². The number of H-pyrrole nitrogens is 4. The molecule has 8 bridgehead atoms. The van der Waals surface area contributed by atoms with Gasteiger partial charge in [-0.05, 0) is 113 Å². The molecule has 0 saturated heterocycles. The number of halogens is 4. The van der Waals surface area contributed by atoms with E-state index in [9.17, 15) is 9.90 Å². The van der Waals surface area contributed by atoms with Crippen LogP contribution in [0.15, 0.2) is 140 Å². The van der Waals surface area contributed by atoms with Gasteiger partial charge >= 0.3 is 5.97 Å². The van der Waals surface area contributed by atoms with Crippen LogP contribution in [0.5, 0.6) is 0 Å². The molecule has 8 aromatic rings. The zero-order chi connectivity index (χ0) is 37.8. The molecule has 55 heavy (non-hydrogen) atoms. The van der Waals surface area contributed by atoms with Gasteiger partial charge in [0, 0.05) is 69.8 Å². The van der Waals surface area contributed by atoms with Crippen molar-refractivity contribution in [1.82, 2.24) is 19.9 Å². The topological polar surface area (TPSA) is 100 Å². The van der Waals surface area contributed by atoms with Gasteiger partial charge in [-0.3, -0.25) is 0 Å². The van der Waals surface area contributed by atoms with Gasteiger partial charge in [0.15, 0.2) is 0 Å². The molecule has 0 fully saturated rings. The number of carbonyl (C=O) groups is 1. The summed E-state index contributed by atoms with van der Waals surface area (Å²) in [6.45, 7) is 0. The summed E-state index contributed by atoms with van der Waals surface area (Å²) in [5.74, 6) is -1.10. The minimum Gasteiger partial charge on any atom is -0.478 e. The van der Waals surface area contributed by atoms with E-state index in [2.05, 4.69) is 26.0 Å². The molecule has 5 N–H and O–H groups in total. The molecule has 0 saturated carbocycles. The average molecular weight is 799 g/mol. The van der Waals surface area contributed by atoms with Crippen molar-refractivity contribution in [3.05, 3.63) is 220 Å². The smallest absolute Gasteiger partial charge is 0.339 e. The second kappa shape index (κ2) is 14.1. The van der Waals surface area contributed by atoms with E-state index in [4.69, 9.17) is 46.4 Å². The quantitative estimate of drug-likeness (QED) is 0.121. The van der Waals surface area contributed by atoms with Crippen molar-refractivity contribution in [2.24, 2.45) is 0 Å². The summed E-state index contributed by atoms with van der Waals surface area (Å²) in [6, 6.07) is 44.2. The first-order chi connectivity index (χ1) is 26.7. The second-order valence-corrected chi connectivity index (χ2v) is 14.9. The van der Waals surface area contributed by atoms with Gasteiger partial charge < -0.3 is 25.0 Å². The highest BCUT2D eigenvalue weighted by Gasteiger charge is 2.23. The Bertz CT molecular complexity index is 3020. The first-order valence-electron chi connectivity index (χ1n) is 17.3. The lowest BCUT2D eigenvalue weighted by Crippen LogP contribution is -2.21. The maximum atomic E-state index is 13.3. The van der Waals surface area contributed by atoms with E-state index in [1.54, 1.807) is 6.07 Å². The molecule has 10 heteroatoms. The van der Waals surface area contributed by atoms with E-state index in [0.29, 0.717) is 42.2 Å². The van der Waals surface area contributed by atoms with Crippen molar-refractivity contribution in [3.8, 4) is 11.1 Å². The number of aliphatic carboxylic acids is 1. The van der Waals surface area contributed by atoms with Crippen LogP contribution in [0.4, 0.5) is 0 Å².